The first-order valence-corrected chi connectivity index (χ1v) is 12.7. The molecule has 0 bridgehead atoms. The third-order valence-corrected chi connectivity index (χ3v) is 6.90. The van der Waals surface area contributed by atoms with Crippen LogP contribution < -0.4 is 16.4 Å². The van der Waals surface area contributed by atoms with Crippen LogP contribution in [0.1, 0.15) is 88.5 Å². The zero-order chi connectivity index (χ0) is 23.5. The lowest BCUT2D eigenvalue weighted by Crippen LogP contribution is -2.47. The quantitative estimate of drug-likeness (QED) is 0.329. The minimum atomic E-state index is -0.362. The Morgan fingerprint density at radius 3 is 2.21 bits per heavy atom. The van der Waals surface area contributed by atoms with Crippen molar-refractivity contribution in [2.45, 2.75) is 89.0 Å². The van der Waals surface area contributed by atoms with Gasteiger partial charge in [0.05, 0.1) is 0 Å². The maximum absolute atomic E-state index is 12.5. The van der Waals surface area contributed by atoms with Gasteiger partial charge in [-0.3, -0.25) is 19.7 Å². The second-order valence-electron chi connectivity index (χ2n) is 9.44. The van der Waals surface area contributed by atoms with E-state index in [1.807, 2.05) is 17.0 Å². The summed E-state index contributed by atoms with van der Waals surface area (Å²) in [5.41, 5.74) is 7.69. The highest BCUT2D eigenvalue weighted by Gasteiger charge is 2.27. The molecule has 0 spiro atoms. The van der Waals surface area contributed by atoms with Gasteiger partial charge in [-0.2, -0.15) is 0 Å². The molecule has 7 nitrogen and oxygen atoms in total. The van der Waals surface area contributed by atoms with Crippen LogP contribution in [-0.4, -0.2) is 48.3 Å². The predicted octanol–water partition coefficient (Wildman–Crippen LogP) is 3.69. The van der Waals surface area contributed by atoms with Crippen LogP contribution >= 0.6 is 0 Å². The number of nitrogens with one attached hydrogen (secondary N) is 2. The van der Waals surface area contributed by atoms with E-state index >= 15 is 0 Å². The molecule has 0 aliphatic carbocycles. The SMILES string of the molecule is NCCCCCCCCCC(=O)N1CCC(c2ccc(NC3CCC(=O)NC3=O)cc2)CC1. The van der Waals surface area contributed by atoms with E-state index in [2.05, 4.69) is 22.8 Å². The van der Waals surface area contributed by atoms with Gasteiger partial charge in [-0.05, 0) is 62.3 Å². The summed E-state index contributed by atoms with van der Waals surface area (Å²) in [6.45, 7) is 2.45. The number of anilines is 1. The van der Waals surface area contributed by atoms with E-state index in [4.69, 9.17) is 5.73 Å². The molecule has 33 heavy (non-hydrogen) atoms. The van der Waals surface area contributed by atoms with Gasteiger partial charge < -0.3 is 16.0 Å². The Labute approximate surface area is 197 Å². The summed E-state index contributed by atoms with van der Waals surface area (Å²) < 4.78 is 0. The molecule has 1 aromatic rings. The molecule has 0 saturated carbocycles. The first-order chi connectivity index (χ1) is 16.1. The molecule has 1 unspecified atom stereocenters. The van der Waals surface area contributed by atoms with Crippen LogP contribution in [0.15, 0.2) is 24.3 Å². The maximum atomic E-state index is 12.5. The molecule has 2 aliphatic rings. The smallest absolute Gasteiger partial charge is 0.249 e. The second-order valence-corrected chi connectivity index (χ2v) is 9.44. The molecule has 1 atom stereocenters. The average molecular weight is 457 g/mol. The highest BCUT2D eigenvalue weighted by atomic mass is 16.2. The van der Waals surface area contributed by atoms with Crippen molar-refractivity contribution in [2.75, 3.05) is 25.0 Å². The number of carbonyl (C=O) groups excluding carboxylic acids is 3. The van der Waals surface area contributed by atoms with Crippen LogP contribution in [0.2, 0.25) is 0 Å². The molecule has 0 radical (unpaired) electrons. The molecule has 182 valence electrons. The van der Waals surface area contributed by atoms with E-state index in [9.17, 15) is 14.4 Å². The van der Waals surface area contributed by atoms with E-state index in [1.165, 1.54) is 31.2 Å². The third kappa shape index (κ3) is 8.14. The molecule has 1 aromatic carbocycles. The monoisotopic (exact) mass is 456 g/mol. The van der Waals surface area contributed by atoms with Crippen molar-refractivity contribution in [1.82, 2.24) is 10.2 Å². The minimum Gasteiger partial charge on any atom is -0.374 e. The number of likely N-dealkylation sites (tertiary alicyclic amines) is 1. The number of amides is 3. The van der Waals surface area contributed by atoms with Crippen LogP contribution in [0.4, 0.5) is 5.69 Å². The molecule has 3 rings (SSSR count). The number of nitrogens with zero attached hydrogens (tertiary/aromatic N) is 1. The zero-order valence-electron chi connectivity index (χ0n) is 19.8. The number of hydrogen-bond acceptors (Lipinski definition) is 5. The van der Waals surface area contributed by atoms with E-state index in [1.54, 1.807) is 0 Å². The summed E-state index contributed by atoms with van der Waals surface area (Å²) in [5.74, 6) is 0.315. The van der Waals surface area contributed by atoms with Crippen LogP contribution in [0.5, 0.6) is 0 Å². The lowest BCUT2D eigenvalue weighted by molar-refractivity contribution is -0.134. The van der Waals surface area contributed by atoms with Crippen molar-refractivity contribution < 1.29 is 14.4 Å². The fourth-order valence-corrected chi connectivity index (χ4v) is 4.81. The average Bonchev–Trinajstić information content (AvgIpc) is 2.83. The Kier molecular flexibility index (Phi) is 10.2. The highest BCUT2D eigenvalue weighted by Crippen LogP contribution is 2.29. The number of hydrogen-bond donors (Lipinski definition) is 3. The van der Waals surface area contributed by atoms with Gasteiger partial charge in [0.1, 0.15) is 6.04 Å². The number of nitrogens with two attached hydrogens (primary N) is 1. The maximum Gasteiger partial charge on any atom is 0.249 e. The van der Waals surface area contributed by atoms with Gasteiger partial charge >= 0.3 is 0 Å². The number of piperidine rings is 2. The van der Waals surface area contributed by atoms with E-state index in [0.29, 0.717) is 31.1 Å². The third-order valence-electron chi connectivity index (χ3n) is 6.90. The van der Waals surface area contributed by atoms with Crippen LogP contribution in [0, 0.1) is 0 Å². The van der Waals surface area contributed by atoms with Gasteiger partial charge in [0.15, 0.2) is 0 Å². The number of imide groups is 1. The second kappa shape index (κ2) is 13.3. The Hall–Kier alpha value is -2.41. The first kappa shape index (κ1) is 25.2. The topological polar surface area (TPSA) is 105 Å². The van der Waals surface area contributed by atoms with E-state index in [0.717, 1.165) is 57.4 Å². The van der Waals surface area contributed by atoms with Crippen molar-refractivity contribution in [2.24, 2.45) is 5.73 Å². The van der Waals surface area contributed by atoms with Gasteiger partial charge in [0.2, 0.25) is 17.7 Å². The Bertz CT molecular complexity index is 772. The number of carbonyl (C=O) groups is 3. The molecule has 2 aliphatic heterocycles. The number of benzene rings is 1. The number of unbranched alkanes of at least 4 members (excludes halogenated alkanes) is 6. The number of rotatable bonds is 12. The van der Waals surface area contributed by atoms with Crippen LogP contribution in [0.25, 0.3) is 0 Å². The molecule has 2 heterocycles. The summed E-state index contributed by atoms with van der Waals surface area (Å²) in [4.78, 5) is 37.8. The summed E-state index contributed by atoms with van der Waals surface area (Å²) in [6.07, 6.45) is 11.8. The fourth-order valence-electron chi connectivity index (χ4n) is 4.81. The van der Waals surface area contributed by atoms with E-state index < -0.39 is 0 Å². The Balaban J connectivity index is 1.33. The van der Waals surface area contributed by atoms with Gasteiger partial charge in [0, 0.05) is 31.6 Å². The van der Waals surface area contributed by atoms with Crippen molar-refractivity contribution in [3.05, 3.63) is 29.8 Å². The molecule has 0 aromatic heterocycles. The minimum absolute atomic E-state index is 0.202. The molecule has 7 heteroatoms. The summed E-state index contributed by atoms with van der Waals surface area (Å²) in [6, 6.07) is 7.88. The van der Waals surface area contributed by atoms with Gasteiger partial charge in [-0.25, -0.2) is 0 Å². The van der Waals surface area contributed by atoms with Crippen molar-refractivity contribution >= 4 is 23.4 Å². The lowest BCUT2D eigenvalue weighted by atomic mass is 9.89. The lowest BCUT2D eigenvalue weighted by Gasteiger charge is -2.32. The van der Waals surface area contributed by atoms with Crippen LogP contribution in [-0.2, 0) is 14.4 Å². The van der Waals surface area contributed by atoms with Crippen molar-refractivity contribution in [3.8, 4) is 0 Å². The Morgan fingerprint density at radius 1 is 0.939 bits per heavy atom. The highest BCUT2D eigenvalue weighted by molar-refractivity contribution is 6.01. The van der Waals surface area contributed by atoms with Crippen LogP contribution in [0.3, 0.4) is 0 Å². The van der Waals surface area contributed by atoms with Crippen molar-refractivity contribution in [3.63, 3.8) is 0 Å². The predicted molar refractivity (Wildman–Crippen MR) is 131 cm³/mol. The summed E-state index contributed by atoms with van der Waals surface area (Å²) in [5, 5.41) is 5.60. The zero-order valence-corrected chi connectivity index (χ0v) is 19.8. The van der Waals surface area contributed by atoms with Gasteiger partial charge in [0.25, 0.3) is 0 Å². The molecule has 3 amide bonds. The van der Waals surface area contributed by atoms with E-state index in [-0.39, 0.29) is 17.9 Å². The summed E-state index contributed by atoms with van der Waals surface area (Å²) in [7, 11) is 0. The van der Waals surface area contributed by atoms with Gasteiger partial charge in [-0.15, -0.1) is 0 Å². The fraction of sp³-hybridized carbons (Fsp3) is 0.654. The van der Waals surface area contributed by atoms with Gasteiger partial charge in [-0.1, -0.05) is 44.2 Å². The Morgan fingerprint density at radius 2 is 1.58 bits per heavy atom. The van der Waals surface area contributed by atoms with Crippen molar-refractivity contribution in [1.29, 1.82) is 0 Å². The largest absolute Gasteiger partial charge is 0.374 e. The molecule has 4 N–H and O–H groups in total. The molecule has 2 fully saturated rings. The first-order valence-electron chi connectivity index (χ1n) is 12.7. The normalized spacial score (nSPS) is 19.4. The standard InChI is InChI=1S/C26H40N4O3/c27-17-7-5-3-1-2-4-6-8-25(32)30-18-15-21(16-19-30)20-9-11-22(12-10-20)28-23-13-14-24(31)29-26(23)33/h9-12,21,23,28H,1-8,13-19,27H2,(H,29,31,33). The molecule has 2 saturated heterocycles. The molecular weight excluding hydrogens is 416 g/mol. The molecular formula is C26H40N4O3. The summed E-state index contributed by atoms with van der Waals surface area (Å²) >= 11 is 0.